The van der Waals surface area contributed by atoms with Crippen molar-refractivity contribution >= 4 is 73.9 Å². The highest BCUT2D eigenvalue weighted by Crippen LogP contribution is 2.33. The molecule has 3 rings (SSSR count). The number of hydrogen-bond donors (Lipinski definition) is 3. The van der Waals surface area contributed by atoms with Crippen LogP contribution in [0.15, 0.2) is 57.2 Å². The number of terminal acetylenes is 1. The Morgan fingerprint density at radius 2 is 2.08 bits per heavy atom. The third kappa shape index (κ3) is 7.68. The van der Waals surface area contributed by atoms with Gasteiger partial charge in [0, 0.05) is 21.3 Å². The van der Waals surface area contributed by atoms with Crippen LogP contribution in [0.4, 0.5) is 0 Å². The van der Waals surface area contributed by atoms with Crippen LogP contribution in [0.2, 0.25) is 0 Å². The molecule has 1 heterocycles. The minimum Gasteiger partial charge on any atom is -0.483 e. The van der Waals surface area contributed by atoms with E-state index in [1.165, 1.54) is 6.21 Å². The van der Waals surface area contributed by atoms with Crippen LogP contribution >= 0.6 is 50.7 Å². The first-order valence-corrected chi connectivity index (χ1v) is 13.6. The summed E-state index contributed by atoms with van der Waals surface area (Å²) in [5.74, 6) is 2.42. The maximum absolute atomic E-state index is 12.7. The summed E-state index contributed by atoms with van der Waals surface area (Å²) in [6, 6.07) is 10.1. The van der Waals surface area contributed by atoms with E-state index in [1.807, 2.05) is 6.07 Å². The molecular formula is C26H24BrIN4O5S. The van der Waals surface area contributed by atoms with Gasteiger partial charge in [0.05, 0.1) is 28.0 Å². The molecule has 0 saturated carbocycles. The standard InChI is InChI=1S/C26H24BrIN4O5S/c1-4-10-36-24-16(11-17(27)12-19(24)28)13-29-32-21(33)14-37-20-9-7-6-8-18(20)23-22(25(34)35-5-2)15(3)30-26(38)31-23/h1,6-9,11-13,23H,5,10,14H2,2-3H3,(H,32,33)(H2,30,31,38)/t23-/m0/s1. The van der Waals surface area contributed by atoms with E-state index in [-0.39, 0.29) is 19.8 Å². The molecule has 38 heavy (non-hydrogen) atoms. The molecule has 2 aromatic carbocycles. The maximum atomic E-state index is 12.7. The number of rotatable bonds is 10. The zero-order valence-corrected chi connectivity index (χ0v) is 25.0. The Labute approximate surface area is 248 Å². The molecule has 0 spiro atoms. The number of carbonyl (C=O) groups is 2. The molecule has 0 radical (unpaired) electrons. The summed E-state index contributed by atoms with van der Waals surface area (Å²) in [5, 5.41) is 10.4. The third-order valence-electron chi connectivity index (χ3n) is 5.08. The molecule has 1 atom stereocenters. The van der Waals surface area contributed by atoms with Crippen LogP contribution in [0, 0.1) is 15.9 Å². The Morgan fingerprint density at radius 1 is 1.32 bits per heavy atom. The molecule has 1 aliphatic rings. The minimum atomic E-state index is -0.625. The van der Waals surface area contributed by atoms with Crippen LogP contribution < -0.4 is 25.5 Å². The third-order valence-corrected chi connectivity index (χ3v) is 6.56. The number of ether oxygens (including phenoxy) is 3. The van der Waals surface area contributed by atoms with E-state index in [4.69, 9.17) is 32.9 Å². The van der Waals surface area contributed by atoms with Gasteiger partial charge in [0.15, 0.2) is 11.7 Å². The average Bonchev–Trinajstić information content (AvgIpc) is 2.86. The number of nitrogens with zero attached hydrogens (tertiary/aromatic N) is 1. The highest BCUT2D eigenvalue weighted by Gasteiger charge is 2.32. The van der Waals surface area contributed by atoms with E-state index >= 15 is 0 Å². The van der Waals surface area contributed by atoms with Crippen LogP contribution in [0.3, 0.4) is 0 Å². The highest BCUT2D eigenvalue weighted by molar-refractivity contribution is 14.1. The normalized spacial score (nSPS) is 14.8. The molecule has 1 aliphatic heterocycles. The van der Waals surface area contributed by atoms with E-state index in [2.05, 4.69) is 65.6 Å². The average molecular weight is 711 g/mol. The predicted octanol–water partition coefficient (Wildman–Crippen LogP) is 3.95. The first kappa shape index (κ1) is 29.4. The number of benzene rings is 2. The van der Waals surface area contributed by atoms with Gasteiger partial charge in [-0.3, -0.25) is 4.79 Å². The second-order valence-corrected chi connectivity index (χ2v) is 10.2. The van der Waals surface area contributed by atoms with E-state index in [9.17, 15) is 9.59 Å². The van der Waals surface area contributed by atoms with Gasteiger partial charge in [-0.2, -0.15) is 5.10 Å². The van der Waals surface area contributed by atoms with Gasteiger partial charge in [-0.25, -0.2) is 10.2 Å². The molecule has 0 saturated heterocycles. The van der Waals surface area contributed by atoms with Gasteiger partial charge in [0.2, 0.25) is 0 Å². The quantitative estimate of drug-likeness (QED) is 0.0850. The SMILES string of the molecule is C#CCOc1c(I)cc(Br)cc1C=NNC(=O)COc1ccccc1[C@@H]1NC(=S)NC(C)=C1C(=O)OCC. The zero-order chi connectivity index (χ0) is 27.7. The summed E-state index contributed by atoms with van der Waals surface area (Å²) in [6.45, 7) is 3.48. The molecule has 9 nitrogen and oxygen atoms in total. The van der Waals surface area contributed by atoms with E-state index in [0.29, 0.717) is 39.0 Å². The molecule has 0 fully saturated rings. The van der Waals surface area contributed by atoms with Crippen molar-refractivity contribution in [1.82, 2.24) is 16.1 Å². The van der Waals surface area contributed by atoms with Gasteiger partial charge in [-0.05, 0) is 66.9 Å². The number of esters is 1. The number of nitrogens with one attached hydrogen (secondary N) is 3. The smallest absolute Gasteiger partial charge is 0.338 e. The van der Waals surface area contributed by atoms with E-state index < -0.39 is 17.9 Å². The van der Waals surface area contributed by atoms with Gasteiger partial charge in [0.1, 0.15) is 18.1 Å². The predicted molar refractivity (Wildman–Crippen MR) is 160 cm³/mol. The molecule has 3 N–H and O–H groups in total. The molecule has 12 heteroatoms. The van der Waals surface area contributed by atoms with Crippen molar-refractivity contribution in [2.75, 3.05) is 19.8 Å². The number of amides is 1. The second-order valence-electron chi connectivity index (χ2n) is 7.71. The number of allylic oxidation sites excluding steroid dienone is 1. The number of para-hydroxylation sites is 1. The Balaban J connectivity index is 1.73. The monoisotopic (exact) mass is 710 g/mol. The van der Waals surface area contributed by atoms with Crippen molar-refractivity contribution in [2.45, 2.75) is 19.9 Å². The first-order valence-electron chi connectivity index (χ1n) is 11.3. The largest absolute Gasteiger partial charge is 0.483 e. The number of halogens is 2. The van der Waals surface area contributed by atoms with Crippen LogP contribution in [-0.2, 0) is 14.3 Å². The van der Waals surface area contributed by atoms with Gasteiger partial charge < -0.3 is 24.8 Å². The Kier molecular flexibility index (Phi) is 10.9. The van der Waals surface area contributed by atoms with Crippen LogP contribution in [0.5, 0.6) is 11.5 Å². The molecule has 0 bridgehead atoms. The Hall–Kier alpha value is -3.15. The number of carbonyl (C=O) groups excluding carboxylic acids is 2. The van der Waals surface area contributed by atoms with Crippen LogP contribution in [0.25, 0.3) is 0 Å². The Bertz CT molecular complexity index is 1340. The first-order chi connectivity index (χ1) is 18.2. The summed E-state index contributed by atoms with van der Waals surface area (Å²) in [5.41, 5.74) is 4.64. The lowest BCUT2D eigenvalue weighted by atomic mass is 9.95. The number of thiocarbonyl (C=S) groups is 1. The highest BCUT2D eigenvalue weighted by atomic mass is 127. The van der Waals surface area contributed by atoms with Crippen LogP contribution in [0.1, 0.15) is 31.0 Å². The van der Waals surface area contributed by atoms with Crippen molar-refractivity contribution in [3.63, 3.8) is 0 Å². The van der Waals surface area contributed by atoms with Gasteiger partial charge in [0.25, 0.3) is 5.91 Å². The second kappa shape index (κ2) is 14.1. The van der Waals surface area contributed by atoms with Crippen molar-refractivity contribution in [2.24, 2.45) is 5.10 Å². The van der Waals surface area contributed by atoms with Gasteiger partial charge >= 0.3 is 5.97 Å². The maximum Gasteiger partial charge on any atom is 0.338 e. The fraction of sp³-hybridized carbons (Fsp3) is 0.231. The topological polar surface area (TPSA) is 110 Å². The number of hydrogen-bond acceptors (Lipinski definition) is 7. The Morgan fingerprint density at radius 3 is 2.82 bits per heavy atom. The van der Waals surface area contributed by atoms with Crippen molar-refractivity contribution in [3.05, 3.63) is 66.8 Å². The summed E-state index contributed by atoms with van der Waals surface area (Å²) >= 11 is 10.9. The molecular weight excluding hydrogens is 687 g/mol. The molecule has 0 aliphatic carbocycles. The van der Waals surface area contributed by atoms with E-state index in [1.54, 1.807) is 44.2 Å². The molecule has 1 amide bonds. The van der Waals surface area contributed by atoms with Gasteiger partial charge in [-0.1, -0.05) is 40.0 Å². The summed E-state index contributed by atoms with van der Waals surface area (Å²) < 4.78 is 18.3. The fourth-order valence-electron chi connectivity index (χ4n) is 3.55. The van der Waals surface area contributed by atoms with Crippen molar-refractivity contribution in [3.8, 4) is 23.8 Å². The summed E-state index contributed by atoms with van der Waals surface area (Å²) in [7, 11) is 0. The lowest BCUT2D eigenvalue weighted by Crippen LogP contribution is -2.45. The lowest BCUT2D eigenvalue weighted by Gasteiger charge is -2.30. The summed E-state index contributed by atoms with van der Waals surface area (Å²) in [6.07, 6.45) is 6.77. The van der Waals surface area contributed by atoms with Gasteiger partial charge in [-0.15, -0.1) is 6.42 Å². The minimum absolute atomic E-state index is 0.0985. The number of hydrazone groups is 1. The van der Waals surface area contributed by atoms with Crippen molar-refractivity contribution in [1.29, 1.82) is 0 Å². The van der Waals surface area contributed by atoms with Crippen LogP contribution in [-0.4, -0.2) is 43.0 Å². The molecule has 2 aromatic rings. The molecule has 0 aromatic heterocycles. The zero-order valence-electron chi connectivity index (χ0n) is 20.5. The molecule has 198 valence electrons. The fourth-order valence-corrected chi connectivity index (χ4v) is 5.53. The van der Waals surface area contributed by atoms with Crippen molar-refractivity contribution < 1.29 is 23.8 Å². The summed E-state index contributed by atoms with van der Waals surface area (Å²) in [4.78, 5) is 25.2. The van der Waals surface area contributed by atoms with E-state index in [0.717, 1.165) is 8.04 Å². The molecule has 0 unspecified atom stereocenters. The lowest BCUT2D eigenvalue weighted by molar-refractivity contribution is -0.139.